The molecule has 4 rings (SSSR count). The van der Waals surface area contributed by atoms with E-state index in [1.165, 1.54) is 7.11 Å². The lowest BCUT2D eigenvalue weighted by Gasteiger charge is -2.23. The highest BCUT2D eigenvalue weighted by Crippen LogP contribution is 2.36. The molecule has 0 aromatic heterocycles. The van der Waals surface area contributed by atoms with Crippen LogP contribution in [0.4, 0.5) is 0 Å². The van der Waals surface area contributed by atoms with Crippen LogP contribution in [0.25, 0.3) is 0 Å². The molecular weight excluding hydrogens is 338 g/mol. The molecule has 7 heteroatoms. The van der Waals surface area contributed by atoms with Crippen molar-refractivity contribution in [1.29, 1.82) is 0 Å². The first-order valence-corrected chi connectivity index (χ1v) is 8.27. The summed E-state index contributed by atoms with van der Waals surface area (Å²) in [6.45, 7) is 1.24. The van der Waals surface area contributed by atoms with Crippen molar-refractivity contribution >= 4 is 5.91 Å². The second-order valence-corrected chi connectivity index (χ2v) is 6.02. The maximum absolute atomic E-state index is 12.6. The second-order valence-electron chi connectivity index (χ2n) is 6.02. The number of para-hydroxylation sites is 1. The van der Waals surface area contributed by atoms with Crippen molar-refractivity contribution in [3.63, 3.8) is 0 Å². The summed E-state index contributed by atoms with van der Waals surface area (Å²) in [5, 5.41) is 0. The second kappa shape index (κ2) is 7.13. The maximum atomic E-state index is 12.6. The number of nitrogens with zero attached hydrogens (tertiary/aromatic N) is 1. The van der Waals surface area contributed by atoms with E-state index in [1.807, 2.05) is 36.4 Å². The van der Waals surface area contributed by atoms with Crippen LogP contribution in [0.3, 0.4) is 0 Å². The molecule has 2 aromatic rings. The molecule has 0 saturated heterocycles. The summed E-state index contributed by atoms with van der Waals surface area (Å²) in [6, 6.07) is 11.3. The summed E-state index contributed by atoms with van der Waals surface area (Å²) in [5.41, 5.74) is 1.84. The van der Waals surface area contributed by atoms with Crippen LogP contribution in [0.5, 0.6) is 23.0 Å². The molecule has 2 aromatic carbocycles. The number of methoxy groups -OCH3 is 1. The molecule has 2 aliphatic heterocycles. The van der Waals surface area contributed by atoms with E-state index in [0.29, 0.717) is 30.3 Å². The van der Waals surface area contributed by atoms with Gasteiger partial charge in [-0.15, -0.1) is 0 Å². The lowest BCUT2D eigenvalue weighted by Crippen LogP contribution is -2.33. The molecule has 2 heterocycles. The van der Waals surface area contributed by atoms with Crippen LogP contribution in [0.2, 0.25) is 0 Å². The average Bonchev–Trinajstić information content (AvgIpc) is 3.30. The van der Waals surface area contributed by atoms with E-state index in [-0.39, 0.29) is 26.1 Å². The molecule has 0 spiro atoms. The summed E-state index contributed by atoms with van der Waals surface area (Å²) in [7, 11) is 1.51. The topological polar surface area (TPSA) is 66.5 Å². The van der Waals surface area contributed by atoms with Crippen LogP contribution in [-0.2, 0) is 22.6 Å². The molecule has 0 unspecified atom stereocenters. The fourth-order valence-electron chi connectivity index (χ4n) is 3.03. The largest absolute Gasteiger partial charge is 0.454 e. The van der Waals surface area contributed by atoms with Crippen LogP contribution < -0.4 is 18.9 Å². The van der Waals surface area contributed by atoms with Crippen LogP contribution in [0.15, 0.2) is 36.4 Å². The predicted octanol–water partition coefficient (Wildman–Crippen LogP) is 2.32. The third-order valence-corrected chi connectivity index (χ3v) is 4.27. The van der Waals surface area contributed by atoms with Gasteiger partial charge in [0.1, 0.15) is 6.61 Å². The minimum Gasteiger partial charge on any atom is -0.454 e. The monoisotopic (exact) mass is 357 g/mol. The van der Waals surface area contributed by atoms with Crippen molar-refractivity contribution in [2.24, 2.45) is 0 Å². The SMILES string of the molecule is COCC(=O)N(Cc1ccc2c(c1)OCO2)Cc1cccc2c1OCO2. The molecule has 0 atom stereocenters. The number of ether oxygens (including phenoxy) is 5. The van der Waals surface area contributed by atoms with E-state index >= 15 is 0 Å². The fraction of sp³-hybridized carbons (Fsp3) is 0.316. The molecule has 136 valence electrons. The van der Waals surface area contributed by atoms with Gasteiger partial charge in [0, 0.05) is 25.8 Å². The zero-order valence-corrected chi connectivity index (χ0v) is 14.4. The first-order chi connectivity index (χ1) is 12.7. The molecule has 0 fully saturated rings. The minimum atomic E-state index is -0.110. The quantitative estimate of drug-likeness (QED) is 0.790. The standard InChI is InChI=1S/C19H19NO6/c1-22-10-18(21)20(8-13-5-6-15-17(7-13)25-11-23-15)9-14-3-2-4-16-19(14)26-12-24-16/h2-7H,8-12H2,1H3. The van der Waals surface area contributed by atoms with Crippen molar-refractivity contribution in [3.8, 4) is 23.0 Å². The Morgan fingerprint density at radius 1 is 1.00 bits per heavy atom. The molecule has 0 radical (unpaired) electrons. The summed E-state index contributed by atoms with van der Waals surface area (Å²) in [5.74, 6) is 2.69. The molecular formula is C19H19NO6. The van der Waals surface area contributed by atoms with Gasteiger partial charge in [0.25, 0.3) is 0 Å². The molecule has 0 N–H and O–H groups in total. The van der Waals surface area contributed by atoms with Crippen molar-refractivity contribution in [1.82, 2.24) is 4.90 Å². The van der Waals surface area contributed by atoms with Gasteiger partial charge in [0.15, 0.2) is 23.0 Å². The van der Waals surface area contributed by atoms with Crippen molar-refractivity contribution in [2.45, 2.75) is 13.1 Å². The number of hydrogen-bond acceptors (Lipinski definition) is 6. The Morgan fingerprint density at radius 2 is 1.81 bits per heavy atom. The lowest BCUT2D eigenvalue weighted by atomic mass is 10.1. The summed E-state index contributed by atoms with van der Waals surface area (Å²) >= 11 is 0. The first-order valence-electron chi connectivity index (χ1n) is 8.27. The highest BCUT2D eigenvalue weighted by atomic mass is 16.7. The molecule has 1 amide bonds. The normalized spacial score (nSPS) is 13.7. The molecule has 0 saturated carbocycles. The Labute approximate surface area is 151 Å². The minimum absolute atomic E-state index is 0.0108. The summed E-state index contributed by atoms with van der Waals surface area (Å²) < 4.78 is 26.8. The Kier molecular flexibility index (Phi) is 4.53. The van der Waals surface area contributed by atoms with Gasteiger partial charge in [-0.25, -0.2) is 0 Å². The number of carbonyl (C=O) groups excluding carboxylic acids is 1. The fourth-order valence-corrected chi connectivity index (χ4v) is 3.03. The van der Waals surface area contributed by atoms with E-state index in [0.717, 1.165) is 16.9 Å². The van der Waals surface area contributed by atoms with E-state index in [9.17, 15) is 4.79 Å². The van der Waals surface area contributed by atoms with E-state index < -0.39 is 0 Å². The first kappa shape index (κ1) is 16.5. The Bertz CT molecular complexity index is 822. The predicted molar refractivity (Wildman–Crippen MR) is 91.3 cm³/mol. The van der Waals surface area contributed by atoms with Crippen LogP contribution >= 0.6 is 0 Å². The third-order valence-electron chi connectivity index (χ3n) is 4.27. The highest BCUT2D eigenvalue weighted by Gasteiger charge is 2.22. The highest BCUT2D eigenvalue weighted by molar-refractivity contribution is 5.77. The van der Waals surface area contributed by atoms with Crippen molar-refractivity contribution in [2.75, 3.05) is 27.3 Å². The molecule has 0 aliphatic carbocycles. The molecule has 2 aliphatic rings. The van der Waals surface area contributed by atoms with Gasteiger partial charge < -0.3 is 28.6 Å². The number of hydrogen-bond donors (Lipinski definition) is 0. The van der Waals surface area contributed by atoms with Gasteiger partial charge in [-0.1, -0.05) is 18.2 Å². The molecule has 0 bridgehead atoms. The van der Waals surface area contributed by atoms with Gasteiger partial charge in [-0.2, -0.15) is 0 Å². The number of fused-ring (bicyclic) bond motifs is 2. The summed E-state index contributed by atoms with van der Waals surface area (Å²) in [4.78, 5) is 14.3. The maximum Gasteiger partial charge on any atom is 0.249 e. The number of rotatable bonds is 6. The smallest absolute Gasteiger partial charge is 0.249 e. The van der Waals surface area contributed by atoms with Gasteiger partial charge >= 0.3 is 0 Å². The van der Waals surface area contributed by atoms with Gasteiger partial charge in [0.05, 0.1) is 0 Å². The number of amides is 1. The average molecular weight is 357 g/mol. The molecule has 26 heavy (non-hydrogen) atoms. The van der Waals surface area contributed by atoms with Gasteiger partial charge in [-0.05, 0) is 23.8 Å². The zero-order valence-electron chi connectivity index (χ0n) is 14.4. The Hall–Kier alpha value is -2.93. The Morgan fingerprint density at radius 3 is 2.69 bits per heavy atom. The van der Waals surface area contributed by atoms with Gasteiger partial charge in [0.2, 0.25) is 19.5 Å². The zero-order chi connectivity index (χ0) is 17.9. The van der Waals surface area contributed by atoms with Crippen LogP contribution in [0.1, 0.15) is 11.1 Å². The van der Waals surface area contributed by atoms with Crippen molar-refractivity contribution < 1.29 is 28.5 Å². The third kappa shape index (κ3) is 3.25. The number of carbonyl (C=O) groups is 1. The Balaban J connectivity index is 1.57. The van der Waals surface area contributed by atoms with Crippen LogP contribution in [-0.4, -0.2) is 38.1 Å². The lowest BCUT2D eigenvalue weighted by molar-refractivity contribution is -0.136. The summed E-state index contributed by atoms with van der Waals surface area (Å²) in [6.07, 6.45) is 0. The van der Waals surface area contributed by atoms with E-state index in [1.54, 1.807) is 4.90 Å². The number of benzene rings is 2. The van der Waals surface area contributed by atoms with Crippen molar-refractivity contribution in [3.05, 3.63) is 47.5 Å². The van der Waals surface area contributed by atoms with Crippen LogP contribution in [0, 0.1) is 0 Å². The van der Waals surface area contributed by atoms with E-state index in [4.69, 9.17) is 23.7 Å². The van der Waals surface area contributed by atoms with E-state index in [2.05, 4.69) is 0 Å². The molecule has 7 nitrogen and oxygen atoms in total. The van der Waals surface area contributed by atoms with Gasteiger partial charge in [-0.3, -0.25) is 4.79 Å².